The fourth-order valence-electron chi connectivity index (χ4n) is 3.13. The van der Waals surface area contributed by atoms with Crippen LogP contribution < -0.4 is 10.5 Å². The van der Waals surface area contributed by atoms with Crippen molar-refractivity contribution in [2.45, 2.75) is 13.8 Å². The van der Waals surface area contributed by atoms with Crippen molar-refractivity contribution in [3.8, 4) is 11.4 Å². The molecule has 0 aliphatic rings. The first-order valence-electron chi connectivity index (χ1n) is 8.48. The molecule has 144 valence electrons. The molecular formula is C21H18Cl2N2O3. The monoisotopic (exact) mass is 416 g/mol. The number of para-hydroxylation sites is 1. The summed E-state index contributed by atoms with van der Waals surface area (Å²) < 4.78 is 7.47. The van der Waals surface area contributed by atoms with E-state index in [1.165, 1.54) is 0 Å². The van der Waals surface area contributed by atoms with E-state index in [1.807, 2.05) is 18.4 Å². The third kappa shape index (κ3) is 4.06. The molecule has 0 bridgehead atoms. The number of hydrogen-bond donors (Lipinski definition) is 1. The van der Waals surface area contributed by atoms with Crippen molar-refractivity contribution in [2.24, 2.45) is 5.73 Å². The van der Waals surface area contributed by atoms with Crippen LogP contribution in [0.5, 0.6) is 5.75 Å². The van der Waals surface area contributed by atoms with Crippen molar-refractivity contribution < 1.29 is 14.3 Å². The van der Waals surface area contributed by atoms with Crippen LogP contribution in [-0.4, -0.2) is 22.9 Å². The summed E-state index contributed by atoms with van der Waals surface area (Å²) in [5, 5.41) is 1.02. The lowest BCUT2D eigenvalue weighted by Gasteiger charge is -2.11. The minimum Gasteiger partial charge on any atom is -0.485 e. The molecule has 3 rings (SSSR count). The number of hydrogen-bond acceptors (Lipinski definition) is 3. The number of aryl methyl sites for hydroxylation is 1. The molecule has 28 heavy (non-hydrogen) atoms. The Kier molecular flexibility index (Phi) is 5.77. The van der Waals surface area contributed by atoms with E-state index in [-0.39, 0.29) is 23.7 Å². The Morgan fingerprint density at radius 3 is 2.29 bits per heavy atom. The average Bonchev–Trinajstić information content (AvgIpc) is 2.93. The fraction of sp³-hybridized carbons (Fsp3) is 0.143. The summed E-state index contributed by atoms with van der Waals surface area (Å²) in [5.74, 6) is -0.551. The Labute approximate surface area is 172 Å². The van der Waals surface area contributed by atoms with Gasteiger partial charge in [-0.1, -0.05) is 35.3 Å². The molecule has 7 heteroatoms. The molecule has 5 nitrogen and oxygen atoms in total. The summed E-state index contributed by atoms with van der Waals surface area (Å²) >= 11 is 12.2. The van der Waals surface area contributed by atoms with Gasteiger partial charge in [-0.25, -0.2) is 0 Å². The number of nitrogens with zero attached hydrogens (tertiary/aromatic N) is 1. The number of ketones is 1. The zero-order valence-corrected chi connectivity index (χ0v) is 16.8. The van der Waals surface area contributed by atoms with Gasteiger partial charge in [0, 0.05) is 32.7 Å². The number of nitrogens with two attached hydrogens (primary N) is 1. The number of primary amides is 1. The van der Waals surface area contributed by atoms with E-state index in [9.17, 15) is 9.59 Å². The van der Waals surface area contributed by atoms with Crippen molar-refractivity contribution in [1.82, 2.24) is 4.57 Å². The van der Waals surface area contributed by atoms with Gasteiger partial charge in [0.15, 0.2) is 6.61 Å². The Bertz CT molecular complexity index is 1050. The van der Waals surface area contributed by atoms with Crippen molar-refractivity contribution in [2.75, 3.05) is 6.61 Å². The number of Topliss-reactive ketones (excluding diaryl/α,β-unsaturated/α-hetero) is 1. The number of halogens is 2. The highest BCUT2D eigenvalue weighted by Crippen LogP contribution is 2.27. The predicted octanol–water partition coefficient (Wildman–Crippen LogP) is 4.76. The third-order valence-corrected chi connectivity index (χ3v) is 4.78. The van der Waals surface area contributed by atoms with Crippen LogP contribution in [0, 0.1) is 13.8 Å². The lowest BCUT2D eigenvalue weighted by molar-refractivity contribution is 0.0911. The van der Waals surface area contributed by atoms with E-state index in [1.54, 1.807) is 48.5 Å². The summed E-state index contributed by atoms with van der Waals surface area (Å²) in [5.41, 5.74) is 8.46. The van der Waals surface area contributed by atoms with Crippen molar-refractivity contribution in [3.63, 3.8) is 0 Å². The van der Waals surface area contributed by atoms with Crippen LogP contribution in [0.25, 0.3) is 5.69 Å². The van der Waals surface area contributed by atoms with E-state index in [0.29, 0.717) is 15.6 Å². The van der Waals surface area contributed by atoms with Crippen LogP contribution in [-0.2, 0) is 0 Å². The maximum Gasteiger partial charge on any atom is 0.252 e. The summed E-state index contributed by atoms with van der Waals surface area (Å²) in [6, 6.07) is 13.5. The van der Waals surface area contributed by atoms with Crippen LogP contribution in [0.2, 0.25) is 10.0 Å². The van der Waals surface area contributed by atoms with E-state index in [4.69, 9.17) is 33.7 Å². The van der Waals surface area contributed by atoms with Gasteiger partial charge in [0.2, 0.25) is 5.78 Å². The van der Waals surface area contributed by atoms with E-state index < -0.39 is 5.91 Å². The molecule has 0 aliphatic heterocycles. The number of rotatable bonds is 6. The van der Waals surface area contributed by atoms with Gasteiger partial charge in [-0.2, -0.15) is 0 Å². The van der Waals surface area contributed by atoms with Crippen LogP contribution in [0.1, 0.15) is 32.1 Å². The first-order valence-corrected chi connectivity index (χ1v) is 9.23. The maximum absolute atomic E-state index is 12.7. The van der Waals surface area contributed by atoms with Gasteiger partial charge >= 0.3 is 0 Å². The van der Waals surface area contributed by atoms with Crippen molar-refractivity contribution in [1.29, 1.82) is 0 Å². The SMILES string of the molecule is Cc1cc(C(=O)COc2ccccc2C(N)=O)c(C)n1-c1cc(Cl)cc(Cl)c1. The summed E-state index contributed by atoms with van der Waals surface area (Å²) in [6.07, 6.45) is 0. The highest BCUT2D eigenvalue weighted by Gasteiger charge is 2.18. The summed E-state index contributed by atoms with van der Waals surface area (Å²) in [4.78, 5) is 24.2. The topological polar surface area (TPSA) is 74.3 Å². The van der Waals surface area contributed by atoms with Gasteiger partial charge in [0.05, 0.1) is 5.56 Å². The predicted molar refractivity (Wildman–Crippen MR) is 110 cm³/mol. The second kappa shape index (κ2) is 8.09. The number of carbonyl (C=O) groups excluding carboxylic acids is 2. The number of benzene rings is 2. The molecule has 1 aromatic heterocycles. The molecule has 0 saturated heterocycles. The lowest BCUT2D eigenvalue weighted by atomic mass is 10.1. The molecule has 0 unspecified atom stereocenters. The van der Waals surface area contributed by atoms with Crippen LogP contribution in [0.15, 0.2) is 48.5 Å². The Morgan fingerprint density at radius 2 is 1.64 bits per heavy atom. The molecule has 2 N–H and O–H groups in total. The molecule has 1 heterocycles. The van der Waals surface area contributed by atoms with Crippen LogP contribution in [0.4, 0.5) is 0 Å². The fourth-order valence-corrected chi connectivity index (χ4v) is 3.64. The van der Waals surface area contributed by atoms with Gasteiger partial charge in [0.1, 0.15) is 5.75 Å². The Balaban J connectivity index is 1.87. The van der Waals surface area contributed by atoms with E-state index in [2.05, 4.69) is 0 Å². The molecule has 0 spiro atoms. The van der Waals surface area contributed by atoms with E-state index >= 15 is 0 Å². The highest BCUT2D eigenvalue weighted by atomic mass is 35.5. The molecular weight excluding hydrogens is 399 g/mol. The van der Waals surface area contributed by atoms with E-state index in [0.717, 1.165) is 17.1 Å². The maximum atomic E-state index is 12.7. The molecule has 0 aliphatic carbocycles. The van der Waals surface area contributed by atoms with Gasteiger partial charge in [-0.05, 0) is 50.2 Å². The van der Waals surface area contributed by atoms with Crippen LogP contribution >= 0.6 is 23.2 Å². The number of ether oxygens (including phenoxy) is 1. The lowest BCUT2D eigenvalue weighted by Crippen LogP contribution is -2.17. The second-order valence-corrected chi connectivity index (χ2v) is 7.19. The first kappa shape index (κ1) is 20.0. The Morgan fingerprint density at radius 1 is 1.00 bits per heavy atom. The molecule has 0 radical (unpaired) electrons. The standard InChI is InChI=1S/C21H18Cl2N2O3/c1-12-7-18(13(2)25(12)16-9-14(22)8-15(23)10-16)19(26)11-28-20-6-4-3-5-17(20)21(24)27/h3-10H,11H2,1-2H3,(H2,24,27). The zero-order valence-electron chi connectivity index (χ0n) is 15.3. The molecule has 0 saturated carbocycles. The Hall–Kier alpha value is -2.76. The molecule has 0 atom stereocenters. The average molecular weight is 417 g/mol. The minimum atomic E-state index is -0.612. The number of carbonyl (C=O) groups is 2. The largest absolute Gasteiger partial charge is 0.485 e. The van der Waals surface area contributed by atoms with Gasteiger partial charge in [0.25, 0.3) is 5.91 Å². The number of aromatic nitrogens is 1. The summed E-state index contributed by atoms with van der Waals surface area (Å²) in [7, 11) is 0. The molecule has 0 fully saturated rings. The summed E-state index contributed by atoms with van der Waals surface area (Å²) in [6.45, 7) is 3.51. The van der Waals surface area contributed by atoms with Gasteiger partial charge in [-0.15, -0.1) is 0 Å². The molecule has 3 aromatic rings. The smallest absolute Gasteiger partial charge is 0.252 e. The zero-order chi connectivity index (χ0) is 20.4. The van der Waals surface area contributed by atoms with Crippen molar-refractivity contribution >= 4 is 34.9 Å². The quantitative estimate of drug-likeness (QED) is 0.588. The number of amides is 1. The van der Waals surface area contributed by atoms with Crippen LogP contribution in [0.3, 0.4) is 0 Å². The second-order valence-electron chi connectivity index (χ2n) is 6.32. The highest BCUT2D eigenvalue weighted by molar-refractivity contribution is 6.34. The van der Waals surface area contributed by atoms with Gasteiger partial charge in [-0.3, -0.25) is 9.59 Å². The minimum absolute atomic E-state index is 0.216. The first-order chi connectivity index (χ1) is 13.3. The normalized spacial score (nSPS) is 10.7. The van der Waals surface area contributed by atoms with Gasteiger partial charge < -0.3 is 15.0 Å². The van der Waals surface area contributed by atoms with Crippen molar-refractivity contribution in [3.05, 3.63) is 81.1 Å². The molecule has 2 aromatic carbocycles. The molecule has 1 amide bonds. The third-order valence-electron chi connectivity index (χ3n) is 4.35.